The first-order valence-corrected chi connectivity index (χ1v) is 11.1. The standard InChI is InChI=1S/C22H29N5O2S/c1-5-19(26(3)4)20-24-25-22(27(20)15-17-10-7-6-8-11-17)30-16(2)21(28)23-14-18-12-9-13-29-18/h6-13,16,19H,5,14-15H2,1-4H3,(H,23,28)/p+1/t16-,19+/m1/s1. The van der Waals surface area contributed by atoms with E-state index in [2.05, 4.69) is 53.2 Å². The Bertz CT molecular complexity index is 924. The fourth-order valence-corrected chi connectivity index (χ4v) is 4.23. The van der Waals surface area contributed by atoms with Crippen LogP contribution in [0.2, 0.25) is 0 Å². The van der Waals surface area contributed by atoms with Crippen molar-refractivity contribution in [2.24, 2.45) is 0 Å². The van der Waals surface area contributed by atoms with Gasteiger partial charge in [0.15, 0.2) is 11.0 Å². The molecule has 3 aromatic rings. The van der Waals surface area contributed by atoms with E-state index in [1.807, 2.05) is 37.3 Å². The molecular formula is C22H30N5O2S+. The predicted octanol–water partition coefficient (Wildman–Crippen LogP) is 2.31. The van der Waals surface area contributed by atoms with Crippen LogP contribution >= 0.6 is 11.8 Å². The van der Waals surface area contributed by atoms with Gasteiger partial charge in [-0.25, -0.2) is 0 Å². The summed E-state index contributed by atoms with van der Waals surface area (Å²) in [6.45, 7) is 5.10. The van der Waals surface area contributed by atoms with Gasteiger partial charge in [0, 0.05) is 6.42 Å². The molecule has 0 saturated heterocycles. The van der Waals surface area contributed by atoms with Crippen molar-refractivity contribution in [3.8, 4) is 0 Å². The van der Waals surface area contributed by atoms with Crippen LogP contribution in [0.1, 0.15) is 43.5 Å². The molecule has 2 aromatic heterocycles. The lowest BCUT2D eigenvalue weighted by Gasteiger charge is -2.21. The van der Waals surface area contributed by atoms with Gasteiger partial charge in [0.05, 0.1) is 38.7 Å². The zero-order valence-corrected chi connectivity index (χ0v) is 18.8. The molecule has 0 radical (unpaired) electrons. The van der Waals surface area contributed by atoms with Crippen molar-refractivity contribution in [1.29, 1.82) is 0 Å². The lowest BCUT2D eigenvalue weighted by Crippen LogP contribution is -3.06. The summed E-state index contributed by atoms with van der Waals surface area (Å²) < 4.78 is 7.43. The van der Waals surface area contributed by atoms with Gasteiger partial charge >= 0.3 is 0 Å². The third kappa shape index (κ3) is 5.52. The number of rotatable bonds is 10. The van der Waals surface area contributed by atoms with Crippen LogP contribution in [0.15, 0.2) is 58.3 Å². The fourth-order valence-electron chi connectivity index (χ4n) is 3.35. The van der Waals surface area contributed by atoms with E-state index in [4.69, 9.17) is 4.42 Å². The second kappa shape index (κ2) is 10.4. The lowest BCUT2D eigenvalue weighted by atomic mass is 10.2. The first-order valence-electron chi connectivity index (χ1n) is 10.2. The minimum atomic E-state index is -0.307. The maximum absolute atomic E-state index is 12.6. The van der Waals surface area contributed by atoms with Crippen molar-refractivity contribution < 1.29 is 14.1 Å². The first kappa shape index (κ1) is 22.1. The summed E-state index contributed by atoms with van der Waals surface area (Å²) in [4.78, 5) is 13.9. The molecule has 0 aliphatic heterocycles. The Morgan fingerprint density at radius 3 is 2.60 bits per heavy atom. The summed E-state index contributed by atoms with van der Waals surface area (Å²) >= 11 is 1.43. The second-order valence-electron chi connectivity index (χ2n) is 7.51. The topological polar surface area (TPSA) is 77.4 Å². The summed E-state index contributed by atoms with van der Waals surface area (Å²) in [6.07, 6.45) is 2.56. The van der Waals surface area contributed by atoms with Gasteiger partial charge in [-0.15, -0.1) is 10.2 Å². The fraction of sp³-hybridized carbons (Fsp3) is 0.409. The number of furan rings is 1. The Hall–Kier alpha value is -2.58. The minimum absolute atomic E-state index is 0.0579. The predicted molar refractivity (Wildman–Crippen MR) is 117 cm³/mol. The molecule has 1 amide bonds. The summed E-state index contributed by atoms with van der Waals surface area (Å²) in [5.41, 5.74) is 1.18. The molecule has 1 aromatic carbocycles. The number of carbonyl (C=O) groups is 1. The molecule has 7 nitrogen and oxygen atoms in total. The largest absolute Gasteiger partial charge is 0.467 e. The summed E-state index contributed by atoms with van der Waals surface area (Å²) in [5.74, 6) is 1.62. The number of aromatic nitrogens is 3. The molecule has 2 heterocycles. The monoisotopic (exact) mass is 428 g/mol. The van der Waals surface area contributed by atoms with E-state index in [-0.39, 0.29) is 17.2 Å². The Morgan fingerprint density at radius 1 is 1.20 bits per heavy atom. The van der Waals surface area contributed by atoms with E-state index in [1.54, 1.807) is 6.26 Å². The highest BCUT2D eigenvalue weighted by Gasteiger charge is 2.27. The van der Waals surface area contributed by atoms with Crippen LogP contribution in [-0.4, -0.2) is 40.0 Å². The summed E-state index contributed by atoms with van der Waals surface area (Å²) in [7, 11) is 4.26. The molecule has 0 spiro atoms. The zero-order chi connectivity index (χ0) is 21.5. The number of nitrogens with one attached hydrogen (secondary N) is 2. The van der Waals surface area contributed by atoms with E-state index in [0.29, 0.717) is 13.1 Å². The average Bonchev–Trinajstić information content (AvgIpc) is 3.39. The third-order valence-corrected chi connectivity index (χ3v) is 6.09. The summed E-state index contributed by atoms with van der Waals surface area (Å²) in [5, 5.41) is 12.4. The van der Waals surface area contributed by atoms with E-state index in [0.717, 1.165) is 23.2 Å². The Morgan fingerprint density at radius 2 is 1.97 bits per heavy atom. The van der Waals surface area contributed by atoms with Gasteiger partial charge in [0.1, 0.15) is 11.8 Å². The van der Waals surface area contributed by atoms with Gasteiger partial charge in [-0.1, -0.05) is 49.0 Å². The Kier molecular flexibility index (Phi) is 7.70. The van der Waals surface area contributed by atoms with E-state index >= 15 is 0 Å². The molecule has 0 fully saturated rings. The van der Waals surface area contributed by atoms with Crippen LogP contribution in [0.5, 0.6) is 0 Å². The van der Waals surface area contributed by atoms with E-state index in [9.17, 15) is 4.79 Å². The molecule has 160 valence electrons. The van der Waals surface area contributed by atoms with E-state index < -0.39 is 0 Å². The molecule has 3 rings (SSSR count). The van der Waals surface area contributed by atoms with Gasteiger partial charge in [0.25, 0.3) is 0 Å². The number of amides is 1. The first-order chi connectivity index (χ1) is 14.5. The van der Waals surface area contributed by atoms with Crippen molar-refractivity contribution in [1.82, 2.24) is 20.1 Å². The molecule has 0 aliphatic carbocycles. The van der Waals surface area contributed by atoms with Crippen LogP contribution in [0, 0.1) is 0 Å². The third-order valence-electron chi connectivity index (χ3n) is 5.01. The maximum atomic E-state index is 12.6. The number of quaternary nitrogens is 1. The molecular weight excluding hydrogens is 398 g/mol. The molecule has 0 unspecified atom stereocenters. The number of hydrogen-bond donors (Lipinski definition) is 2. The smallest absolute Gasteiger partial charge is 0.233 e. The minimum Gasteiger partial charge on any atom is -0.467 e. The average molecular weight is 429 g/mol. The van der Waals surface area contributed by atoms with Crippen LogP contribution in [0.4, 0.5) is 0 Å². The number of nitrogens with zero attached hydrogens (tertiary/aromatic N) is 3. The van der Waals surface area contributed by atoms with Crippen LogP contribution in [-0.2, 0) is 17.9 Å². The second-order valence-corrected chi connectivity index (χ2v) is 8.82. The quantitative estimate of drug-likeness (QED) is 0.485. The van der Waals surface area contributed by atoms with Crippen molar-refractivity contribution in [2.75, 3.05) is 14.1 Å². The highest BCUT2D eigenvalue weighted by molar-refractivity contribution is 8.00. The van der Waals surface area contributed by atoms with Gasteiger partial charge in [-0.2, -0.15) is 0 Å². The summed E-state index contributed by atoms with van der Waals surface area (Å²) in [6, 6.07) is 14.2. The van der Waals surface area contributed by atoms with Crippen LogP contribution < -0.4 is 10.2 Å². The van der Waals surface area contributed by atoms with Gasteiger partial charge in [-0.05, 0) is 24.6 Å². The van der Waals surface area contributed by atoms with Gasteiger partial charge in [0.2, 0.25) is 5.91 Å². The zero-order valence-electron chi connectivity index (χ0n) is 18.0. The van der Waals surface area contributed by atoms with E-state index in [1.165, 1.54) is 22.2 Å². The lowest BCUT2D eigenvalue weighted by molar-refractivity contribution is -0.893. The molecule has 8 heteroatoms. The normalized spacial score (nSPS) is 13.4. The van der Waals surface area contributed by atoms with Crippen LogP contribution in [0.3, 0.4) is 0 Å². The van der Waals surface area contributed by atoms with Gasteiger partial charge < -0.3 is 14.6 Å². The maximum Gasteiger partial charge on any atom is 0.233 e. The molecule has 30 heavy (non-hydrogen) atoms. The molecule has 2 atom stereocenters. The highest BCUT2D eigenvalue weighted by atomic mass is 32.2. The van der Waals surface area contributed by atoms with Gasteiger partial charge in [-0.3, -0.25) is 9.36 Å². The molecule has 2 N–H and O–H groups in total. The molecule has 0 aliphatic rings. The van der Waals surface area contributed by atoms with Crippen molar-refractivity contribution in [3.05, 3.63) is 65.9 Å². The highest BCUT2D eigenvalue weighted by Crippen LogP contribution is 2.26. The number of hydrogen-bond acceptors (Lipinski definition) is 5. The van der Waals surface area contributed by atoms with Crippen molar-refractivity contribution in [3.63, 3.8) is 0 Å². The van der Waals surface area contributed by atoms with Crippen molar-refractivity contribution >= 4 is 17.7 Å². The Balaban J connectivity index is 1.78. The SMILES string of the molecule is CC[C@@H](c1nnc(S[C@H](C)C(=O)NCc2ccco2)n1Cc1ccccc1)[NH+](C)C. The number of thioether (sulfide) groups is 1. The Labute approximate surface area is 181 Å². The molecule has 0 bridgehead atoms. The molecule has 0 saturated carbocycles. The number of carbonyl (C=O) groups excluding carboxylic acids is 1. The van der Waals surface area contributed by atoms with Crippen LogP contribution in [0.25, 0.3) is 0 Å². The number of benzene rings is 1. The van der Waals surface area contributed by atoms with Crippen molar-refractivity contribution in [2.45, 2.75) is 49.8 Å².